The number of hydrogen-bond acceptors (Lipinski definition) is 4. The molecule has 0 saturated carbocycles. The topological polar surface area (TPSA) is 59.2 Å². The van der Waals surface area contributed by atoms with Crippen LogP contribution < -0.4 is 0 Å². The second kappa shape index (κ2) is 4.00. The predicted octanol–water partition coefficient (Wildman–Crippen LogP) is 0.385. The zero-order valence-corrected chi connectivity index (χ0v) is 5.66. The normalized spacial score (nSPS) is 10.1. The van der Waals surface area contributed by atoms with Crippen LogP contribution in [0, 0.1) is 0 Å². The molecule has 1 aromatic heterocycles. The maximum Gasteiger partial charge on any atom is 0.216 e. The van der Waals surface area contributed by atoms with Crippen LogP contribution in [0.1, 0.15) is 18.7 Å². The lowest BCUT2D eigenvalue weighted by atomic mass is 10.2. The Hall–Kier alpha value is -0.900. The van der Waals surface area contributed by atoms with Crippen LogP contribution in [0.3, 0.4) is 0 Å². The molecule has 1 heterocycles. The molecule has 0 aliphatic heterocycles. The lowest BCUT2D eigenvalue weighted by molar-refractivity contribution is 0.282. The SMILES string of the molecule is OCCCCc1nnco1. The molecule has 0 bridgehead atoms. The Morgan fingerprint density at radius 1 is 1.50 bits per heavy atom. The molecule has 1 aromatic rings. The van der Waals surface area contributed by atoms with E-state index in [0.717, 1.165) is 19.3 Å². The second-order valence-corrected chi connectivity index (χ2v) is 2.01. The fourth-order valence-corrected chi connectivity index (χ4v) is 0.693. The average molecular weight is 142 g/mol. The first-order valence-corrected chi connectivity index (χ1v) is 3.29. The molecule has 0 fully saturated rings. The highest BCUT2D eigenvalue weighted by atomic mass is 16.4. The minimum absolute atomic E-state index is 0.230. The van der Waals surface area contributed by atoms with E-state index in [1.165, 1.54) is 6.39 Å². The molecule has 0 aliphatic rings. The van der Waals surface area contributed by atoms with Crippen molar-refractivity contribution in [1.29, 1.82) is 0 Å². The fraction of sp³-hybridized carbons (Fsp3) is 0.667. The minimum atomic E-state index is 0.230. The van der Waals surface area contributed by atoms with E-state index in [-0.39, 0.29) is 6.61 Å². The van der Waals surface area contributed by atoms with Gasteiger partial charge in [-0.2, -0.15) is 0 Å². The zero-order valence-electron chi connectivity index (χ0n) is 5.66. The number of aliphatic hydroxyl groups is 1. The fourth-order valence-electron chi connectivity index (χ4n) is 0.693. The smallest absolute Gasteiger partial charge is 0.216 e. The quantitative estimate of drug-likeness (QED) is 0.617. The lowest BCUT2D eigenvalue weighted by Gasteiger charge is -1.90. The molecule has 0 aliphatic carbocycles. The molecule has 0 unspecified atom stereocenters. The van der Waals surface area contributed by atoms with Gasteiger partial charge < -0.3 is 9.52 Å². The summed E-state index contributed by atoms with van der Waals surface area (Å²) in [6.07, 6.45) is 3.77. The molecule has 0 radical (unpaired) electrons. The van der Waals surface area contributed by atoms with Gasteiger partial charge in [-0.1, -0.05) is 0 Å². The molecule has 0 saturated heterocycles. The van der Waals surface area contributed by atoms with E-state index >= 15 is 0 Å². The van der Waals surface area contributed by atoms with E-state index in [0.29, 0.717) is 5.89 Å². The van der Waals surface area contributed by atoms with Crippen molar-refractivity contribution in [3.05, 3.63) is 12.3 Å². The van der Waals surface area contributed by atoms with Gasteiger partial charge in [0.1, 0.15) is 0 Å². The number of aromatic nitrogens is 2. The number of rotatable bonds is 4. The highest BCUT2D eigenvalue weighted by molar-refractivity contribution is 4.71. The molecule has 0 amide bonds. The van der Waals surface area contributed by atoms with Crippen LogP contribution in [0.15, 0.2) is 10.8 Å². The number of aryl methyl sites for hydroxylation is 1. The van der Waals surface area contributed by atoms with Crippen molar-refractivity contribution in [3.8, 4) is 0 Å². The Kier molecular flexibility index (Phi) is 2.89. The van der Waals surface area contributed by atoms with Crippen molar-refractivity contribution in [2.75, 3.05) is 6.61 Å². The molecule has 4 heteroatoms. The van der Waals surface area contributed by atoms with Crippen molar-refractivity contribution in [3.63, 3.8) is 0 Å². The van der Waals surface area contributed by atoms with Crippen LogP contribution >= 0.6 is 0 Å². The number of hydrogen-bond donors (Lipinski definition) is 1. The third-order valence-corrected chi connectivity index (χ3v) is 1.20. The Morgan fingerprint density at radius 2 is 2.40 bits per heavy atom. The summed E-state index contributed by atoms with van der Waals surface area (Å²) >= 11 is 0. The van der Waals surface area contributed by atoms with Gasteiger partial charge in [0.15, 0.2) is 0 Å². The summed E-state index contributed by atoms with van der Waals surface area (Å²) in [6, 6.07) is 0. The first-order valence-electron chi connectivity index (χ1n) is 3.29. The van der Waals surface area contributed by atoms with Crippen molar-refractivity contribution < 1.29 is 9.52 Å². The lowest BCUT2D eigenvalue weighted by Crippen LogP contribution is -1.88. The first kappa shape index (κ1) is 7.21. The van der Waals surface area contributed by atoms with Crippen molar-refractivity contribution in [2.24, 2.45) is 0 Å². The van der Waals surface area contributed by atoms with E-state index in [4.69, 9.17) is 9.52 Å². The van der Waals surface area contributed by atoms with Gasteiger partial charge in [0, 0.05) is 13.0 Å². The molecular formula is C6H10N2O2. The van der Waals surface area contributed by atoms with Crippen molar-refractivity contribution in [1.82, 2.24) is 10.2 Å². The predicted molar refractivity (Wildman–Crippen MR) is 34.3 cm³/mol. The van der Waals surface area contributed by atoms with Gasteiger partial charge in [-0.15, -0.1) is 10.2 Å². The highest BCUT2D eigenvalue weighted by Gasteiger charge is 1.96. The van der Waals surface area contributed by atoms with Crippen molar-refractivity contribution in [2.45, 2.75) is 19.3 Å². The van der Waals surface area contributed by atoms with Crippen molar-refractivity contribution >= 4 is 0 Å². The van der Waals surface area contributed by atoms with Gasteiger partial charge in [-0.05, 0) is 12.8 Å². The van der Waals surface area contributed by atoms with Gasteiger partial charge in [0.2, 0.25) is 12.3 Å². The summed E-state index contributed by atoms with van der Waals surface area (Å²) < 4.78 is 4.88. The Morgan fingerprint density at radius 3 is 3.00 bits per heavy atom. The highest BCUT2D eigenvalue weighted by Crippen LogP contribution is 1.98. The molecule has 10 heavy (non-hydrogen) atoms. The van der Waals surface area contributed by atoms with Crippen LogP contribution in [0.25, 0.3) is 0 Å². The number of nitrogens with zero attached hydrogens (tertiary/aromatic N) is 2. The van der Waals surface area contributed by atoms with E-state index < -0.39 is 0 Å². The van der Waals surface area contributed by atoms with Crippen LogP contribution in [0.5, 0.6) is 0 Å². The maximum atomic E-state index is 8.43. The summed E-state index contributed by atoms with van der Waals surface area (Å²) in [5, 5.41) is 15.6. The monoisotopic (exact) mass is 142 g/mol. The summed E-state index contributed by atoms with van der Waals surface area (Å²) in [6.45, 7) is 0.230. The summed E-state index contributed by atoms with van der Waals surface area (Å²) in [7, 11) is 0. The molecule has 4 nitrogen and oxygen atoms in total. The van der Waals surface area contributed by atoms with Crippen LogP contribution in [0.2, 0.25) is 0 Å². The number of aliphatic hydroxyl groups excluding tert-OH is 1. The molecule has 56 valence electrons. The van der Waals surface area contributed by atoms with E-state index in [1.54, 1.807) is 0 Å². The molecule has 0 spiro atoms. The molecular weight excluding hydrogens is 132 g/mol. The molecule has 1 N–H and O–H groups in total. The van der Waals surface area contributed by atoms with Gasteiger partial charge in [-0.3, -0.25) is 0 Å². The average Bonchev–Trinajstić information content (AvgIpc) is 2.41. The van der Waals surface area contributed by atoms with Crippen LogP contribution in [0.4, 0.5) is 0 Å². The molecule has 0 aromatic carbocycles. The third kappa shape index (κ3) is 2.14. The Labute approximate surface area is 58.9 Å². The van der Waals surface area contributed by atoms with Gasteiger partial charge in [0.05, 0.1) is 0 Å². The first-order chi connectivity index (χ1) is 4.93. The van der Waals surface area contributed by atoms with Crippen LogP contribution in [-0.4, -0.2) is 21.9 Å². The summed E-state index contributed by atoms with van der Waals surface area (Å²) in [5.41, 5.74) is 0. The van der Waals surface area contributed by atoms with Gasteiger partial charge in [0.25, 0.3) is 0 Å². The van der Waals surface area contributed by atoms with Gasteiger partial charge >= 0.3 is 0 Å². The maximum absolute atomic E-state index is 8.43. The number of unbranched alkanes of at least 4 members (excludes halogenated alkanes) is 1. The molecule has 1 rings (SSSR count). The van der Waals surface area contributed by atoms with E-state index in [9.17, 15) is 0 Å². The van der Waals surface area contributed by atoms with E-state index in [1.807, 2.05) is 0 Å². The molecule has 0 atom stereocenters. The minimum Gasteiger partial charge on any atom is -0.428 e. The zero-order chi connectivity index (χ0) is 7.23. The van der Waals surface area contributed by atoms with Gasteiger partial charge in [-0.25, -0.2) is 0 Å². The second-order valence-electron chi connectivity index (χ2n) is 2.01. The van der Waals surface area contributed by atoms with E-state index in [2.05, 4.69) is 10.2 Å². The Bertz CT molecular complexity index is 162. The summed E-state index contributed by atoms with van der Waals surface area (Å²) in [5.74, 6) is 0.647. The summed E-state index contributed by atoms with van der Waals surface area (Å²) in [4.78, 5) is 0. The standard InChI is InChI=1S/C6H10N2O2/c9-4-2-1-3-6-8-7-5-10-6/h5,9H,1-4H2. The largest absolute Gasteiger partial charge is 0.428 e. The Balaban J connectivity index is 2.15. The van der Waals surface area contributed by atoms with Crippen LogP contribution in [-0.2, 0) is 6.42 Å². The third-order valence-electron chi connectivity index (χ3n) is 1.20.